The molecule has 34 heavy (non-hydrogen) atoms. The highest BCUT2D eigenvalue weighted by molar-refractivity contribution is 5.96. The van der Waals surface area contributed by atoms with Crippen LogP contribution >= 0.6 is 0 Å². The Morgan fingerprint density at radius 3 is 2.50 bits per heavy atom. The zero-order chi connectivity index (χ0) is 25.2. The minimum Gasteiger partial charge on any atom is -0.356 e. The molecule has 0 radical (unpaired) electrons. The van der Waals surface area contributed by atoms with Gasteiger partial charge < -0.3 is 20.9 Å². The van der Waals surface area contributed by atoms with E-state index in [1.807, 2.05) is 12.2 Å². The fourth-order valence-corrected chi connectivity index (χ4v) is 6.52. The van der Waals surface area contributed by atoms with Gasteiger partial charge in [0.25, 0.3) is 0 Å². The fourth-order valence-electron chi connectivity index (χ4n) is 6.52. The lowest BCUT2D eigenvalue weighted by Gasteiger charge is -2.55. The minimum absolute atomic E-state index is 0.0468. The summed E-state index contributed by atoms with van der Waals surface area (Å²) in [6, 6.07) is -2.68. The highest BCUT2D eigenvalue weighted by Crippen LogP contribution is 2.54. The van der Waals surface area contributed by atoms with Crippen LogP contribution in [0.1, 0.15) is 53.4 Å². The van der Waals surface area contributed by atoms with Gasteiger partial charge in [-0.15, -0.1) is 0 Å². The van der Waals surface area contributed by atoms with E-state index in [-0.39, 0.29) is 35.6 Å². The summed E-state index contributed by atoms with van der Waals surface area (Å²) in [5.41, 5.74) is -2.02. The summed E-state index contributed by atoms with van der Waals surface area (Å²) in [5.74, 6) is -3.58. The Morgan fingerprint density at radius 2 is 1.91 bits per heavy atom. The Morgan fingerprint density at radius 1 is 1.24 bits per heavy atom. The molecule has 3 heterocycles. The number of carbonyl (C=O) groups is 4. The molecule has 3 saturated heterocycles. The van der Waals surface area contributed by atoms with Crippen LogP contribution in [0.15, 0.2) is 0 Å². The highest BCUT2D eigenvalue weighted by Gasteiger charge is 2.68. The van der Waals surface area contributed by atoms with Crippen LogP contribution in [0.3, 0.4) is 0 Å². The lowest BCUT2D eigenvalue weighted by molar-refractivity contribution is -0.179. The second-order valence-electron chi connectivity index (χ2n) is 10.9. The average molecular weight is 488 g/mol. The second kappa shape index (κ2) is 8.10. The van der Waals surface area contributed by atoms with Crippen LogP contribution in [0.2, 0.25) is 0 Å². The summed E-state index contributed by atoms with van der Waals surface area (Å²) < 4.78 is 38.8. The summed E-state index contributed by atoms with van der Waals surface area (Å²) >= 11 is 0. The summed E-state index contributed by atoms with van der Waals surface area (Å²) in [6.07, 6.45) is -2.92. The van der Waals surface area contributed by atoms with Crippen molar-refractivity contribution in [2.75, 3.05) is 6.54 Å². The molecule has 3 aliphatic heterocycles. The molecule has 4 rings (SSSR count). The van der Waals surface area contributed by atoms with Gasteiger partial charge in [0.15, 0.2) is 0 Å². The third-order valence-corrected chi connectivity index (χ3v) is 7.86. The van der Waals surface area contributed by atoms with Gasteiger partial charge in [-0.3, -0.25) is 24.5 Å². The van der Waals surface area contributed by atoms with E-state index in [0.717, 1.165) is 0 Å². The van der Waals surface area contributed by atoms with Crippen molar-refractivity contribution in [1.29, 1.82) is 0 Å². The number of rotatable bonds is 5. The number of hydrogen-bond acceptors (Lipinski definition) is 5. The third kappa shape index (κ3) is 4.03. The number of amides is 4. The van der Waals surface area contributed by atoms with Gasteiger partial charge in [0.2, 0.25) is 17.7 Å². The molecule has 0 aromatic rings. The molecule has 4 fully saturated rings. The maximum atomic E-state index is 13.6. The van der Waals surface area contributed by atoms with Crippen molar-refractivity contribution in [3.05, 3.63) is 0 Å². The largest absolute Gasteiger partial charge is 0.471 e. The van der Waals surface area contributed by atoms with E-state index in [4.69, 9.17) is 0 Å². The molecule has 0 aromatic heterocycles. The predicted molar refractivity (Wildman–Crippen MR) is 114 cm³/mol. The van der Waals surface area contributed by atoms with Gasteiger partial charge in [0.1, 0.15) is 12.1 Å². The summed E-state index contributed by atoms with van der Waals surface area (Å²) in [4.78, 5) is 51.9. The maximum absolute atomic E-state index is 13.6. The van der Waals surface area contributed by atoms with Gasteiger partial charge in [-0.25, -0.2) is 0 Å². The first kappa shape index (κ1) is 24.7. The molecule has 9 nitrogen and oxygen atoms in total. The Labute approximate surface area is 195 Å². The number of halogens is 3. The van der Waals surface area contributed by atoms with Crippen molar-refractivity contribution in [1.82, 2.24) is 26.2 Å². The monoisotopic (exact) mass is 487 g/mol. The molecule has 190 valence electrons. The van der Waals surface area contributed by atoms with Gasteiger partial charge in [0, 0.05) is 24.0 Å². The molecule has 1 saturated carbocycles. The Kier molecular flexibility index (Phi) is 5.89. The number of nitrogens with one attached hydrogen (secondary N) is 4. The number of piperidine rings is 1. The topological polar surface area (TPSA) is 120 Å². The molecule has 1 unspecified atom stereocenters. The van der Waals surface area contributed by atoms with E-state index in [1.165, 1.54) is 4.90 Å². The van der Waals surface area contributed by atoms with E-state index in [9.17, 15) is 32.3 Å². The molecule has 2 bridgehead atoms. The molecule has 0 aromatic carbocycles. The molecule has 7 atom stereocenters. The van der Waals surface area contributed by atoms with Crippen LogP contribution in [-0.2, 0) is 19.2 Å². The second-order valence-corrected chi connectivity index (χ2v) is 10.9. The van der Waals surface area contributed by atoms with Crippen LogP contribution < -0.4 is 21.3 Å². The van der Waals surface area contributed by atoms with E-state index in [2.05, 4.69) is 16.0 Å². The minimum atomic E-state index is -5.14. The zero-order valence-corrected chi connectivity index (χ0v) is 19.7. The number of fused-ring (bicyclic) bond motifs is 1. The van der Waals surface area contributed by atoms with Crippen LogP contribution in [0.4, 0.5) is 13.2 Å². The average Bonchev–Trinajstić information content (AvgIpc) is 3.33. The lowest BCUT2D eigenvalue weighted by atomic mass is 9.82. The standard InChI is InChI=1S/C22H32F3N5O4/c1-10-8-21-9-13(10)14(17(32)27-11(2)7-12-5-6-26-16(12)31)30(21)18(33)15(20(3,4)29-21)28-19(34)22(23,24)25/h10-15,29H,5-9H2,1-4H3,(H,26,31)(H,27,32)(H,28,34)/t10?,11-,12+,13-,14+,15-,21-/m1/s1. The van der Waals surface area contributed by atoms with Crippen LogP contribution in [0, 0.1) is 17.8 Å². The van der Waals surface area contributed by atoms with Crippen LogP contribution in [0.5, 0.6) is 0 Å². The van der Waals surface area contributed by atoms with Gasteiger partial charge in [0.05, 0.1) is 5.66 Å². The predicted octanol–water partition coefficient (Wildman–Crippen LogP) is 0.399. The number of hydrogen-bond donors (Lipinski definition) is 4. The van der Waals surface area contributed by atoms with Crippen molar-refractivity contribution >= 4 is 23.6 Å². The smallest absolute Gasteiger partial charge is 0.356 e. The number of nitrogens with zero attached hydrogens (tertiary/aromatic N) is 1. The quantitative estimate of drug-likeness (QED) is 0.448. The van der Waals surface area contributed by atoms with E-state index >= 15 is 0 Å². The lowest BCUT2D eigenvalue weighted by Crippen LogP contribution is -2.80. The van der Waals surface area contributed by atoms with E-state index < -0.39 is 41.3 Å². The molecular formula is C22H32F3N5O4. The van der Waals surface area contributed by atoms with Crippen molar-refractivity contribution in [3.8, 4) is 0 Å². The Balaban J connectivity index is 1.56. The Bertz CT molecular complexity index is 909. The van der Waals surface area contributed by atoms with Gasteiger partial charge in [-0.1, -0.05) is 6.92 Å². The molecule has 1 aliphatic carbocycles. The zero-order valence-electron chi connectivity index (χ0n) is 19.7. The third-order valence-electron chi connectivity index (χ3n) is 7.86. The SMILES string of the molecule is CC1C[C@]23C[C@H]1[C@@H](C(=O)N[C@H](C)C[C@@H]1CCNC1=O)N2C(=O)[C@@H](NC(=O)C(F)(F)F)C(C)(C)N3. The normalized spacial score (nSPS) is 37.3. The van der Waals surface area contributed by atoms with Crippen molar-refractivity contribution in [3.63, 3.8) is 0 Å². The summed E-state index contributed by atoms with van der Waals surface area (Å²) in [5, 5.41) is 10.8. The maximum Gasteiger partial charge on any atom is 0.471 e. The molecule has 4 amide bonds. The molecule has 4 aliphatic rings. The fraction of sp³-hybridized carbons (Fsp3) is 0.818. The summed E-state index contributed by atoms with van der Waals surface area (Å²) in [7, 11) is 0. The highest BCUT2D eigenvalue weighted by atomic mass is 19.4. The Hall–Kier alpha value is -2.37. The summed E-state index contributed by atoms with van der Waals surface area (Å²) in [6.45, 7) is 7.56. The first-order valence-electron chi connectivity index (χ1n) is 11.7. The first-order valence-corrected chi connectivity index (χ1v) is 11.7. The van der Waals surface area contributed by atoms with Crippen LogP contribution in [0.25, 0.3) is 0 Å². The van der Waals surface area contributed by atoms with E-state index in [0.29, 0.717) is 32.2 Å². The molecule has 1 spiro atoms. The van der Waals surface area contributed by atoms with Crippen LogP contribution in [-0.4, -0.2) is 70.6 Å². The van der Waals surface area contributed by atoms with Crippen molar-refractivity contribution in [2.45, 2.75) is 88.9 Å². The number of carbonyl (C=O) groups excluding carboxylic acids is 4. The van der Waals surface area contributed by atoms with Crippen molar-refractivity contribution < 1.29 is 32.3 Å². The first-order chi connectivity index (χ1) is 15.7. The molecular weight excluding hydrogens is 455 g/mol. The van der Waals surface area contributed by atoms with E-state index in [1.54, 1.807) is 20.8 Å². The van der Waals surface area contributed by atoms with Gasteiger partial charge in [-0.05, 0) is 58.3 Å². The molecule has 12 heteroatoms. The molecule has 4 N–H and O–H groups in total. The van der Waals surface area contributed by atoms with Gasteiger partial charge in [-0.2, -0.15) is 13.2 Å². The van der Waals surface area contributed by atoms with Crippen molar-refractivity contribution in [2.24, 2.45) is 17.8 Å². The van der Waals surface area contributed by atoms with Gasteiger partial charge >= 0.3 is 12.1 Å². The number of alkyl halides is 3.